The number of carbonyl (C=O) groups excluding carboxylic acids is 3. The summed E-state index contributed by atoms with van der Waals surface area (Å²) in [5, 5.41) is 23.7. The second kappa shape index (κ2) is 19.4. The fraction of sp³-hybridized carbons (Fsp3) is 0.744. The van der Waals surface area contributed by atoms with Crippen molar-refractivity contribution in [3.8, 4) is 11.3 Å². The van der Waals surface area contributed by atoms with E-state index in [-0.39, 0.29) is 24.1 Å². The van der Waals surface area contributed by atoms with Crippen molar-refractivity contribution in [2.45, 2.75) is 154 Å². The second-order valence-corrected chi connectivity index (χ2v) is 17.8. The van der Waals surface area contributed by atoms with E-state index in [0.717, 1.165) is 11.3 Å². The first-order valence-corrected chi connectivity index (χ1v) is 21.3. The summed E-state index contributed by atoms with van der Waals surface area (Å²) in [5.74, 6) is -3.16. The normalized spacial score (nSPS) is 36.5. The molecule has 1 amide bonds. The van der Waals surface area contributed by atoms with Crippen molar-refractivity contribution >= 4 is 23.5 Å². The van der Waals surface area contributed by atoms with E-state index in [1.807, 2.05) is 84.1 Å². The number of unbranched alkanes of at least 4 members (excludes halogenated alkanes) is 1. The van der Waals surface area contributed by atoms with Gasteiger partial charge in [0.05, 0.1) is 30.0 Å². The van der Waals surface area contributed by atoms with Crippen LogP contribution in [0.3, 0.4) is 0 Å². The molecular weight excluding hydrogens is 759 g/mol. The molecule has 330 valence electrons. The number of aliphatic hydroxyl groups excluding tert-OH is 1. The summed E-state index contributed by atoms with van der Waals surface area (Å²) in [5.41, 5.74) is 5.95. The van der Waals surface area contributed by atoms with Crippen LogP contribution in [0.25, 0.3) is 11.3 Å². The molecule has 3 fully saturated rings. The first-order valence-electron chi connectivity index (χ1n) is 21.3. The van der Waals surface area contributed by atoms with Crippen LogP contribution in [0, 0.1) is 17.8 Å². The van der Waals surface area contributed by atoms with E-state index in [2.05, 4.69) is 22.6 Å². The number of hydrogen-bond donors (Lipinski definition) is 3. The average molecular weight is 828 g/mol. The molecule has 4 heterocycles. The highest BCUT2D eigenvalue weighted by Gasteiger charge is 2.58. The maximum atomic E-state index is 14.4. The Hall–Kier alpha value is -3.67. The van der Waals surface area contributed by atoms with Gasteiger partial charge in [0, 0.05) is 49.5 Å². The lowest BCUT2D eigenvalue weighted by molar-refractivity contribution is -0.295. The Bertz CT molecular complexity index is 1740. The Balaban J connectivity index is 1.38. The number of amides is 1. The van der Waals surface area contributed by atoms with Gasteiger partial charge in [-0.3, -0.25) is 19.2 Å². The number of fused-ring (bicyclic) bond motifs is 1. The summed E-state index contributed by atoms with van der Waals surface area (Å²) in [6.45, 7) is 16.4. The number of ether oxygens (including phenoxy) is 5. The van der Waals surface area contributed by atoms with E-state index < -0.39 is 71.5 Å². The Morgan fingerprint density at radius 2 is 1.80 bits per heavy atom. The summed E-state index contributed by atoms with van der Waals surface area (Å²) < 4.78 is 33.3. The minimum absolute atomic E-state index is 0.0125. The first-order chi connectivity index (χ1) is 27.8. The number of Topliss-reactive ketones (excluding diaryl/α,β-unsaturated/α-hetero) is 1. The maximum Gasteiger partial charge on any atom is 0.410 e. The molecular formula is C43H69N7O9. The van der Waals surface area contributed by atoms with E-state index in [1.54, 1.807) is 23.6 Å². The number of hydrogen-bond acceptors (Lipinski definition) is 14. The van der Waals surface area contributed by atoms with E-state index >= 15 is 0 Å². The molecule has 3 saturated heterocycles. The third kappa shape index (κ3) is 10.3. The number of anilines is 1. The van der Waals surface area contributed by atoms with Gasteiger partial charge in [-0.25, -0.2) is 4.79 Å². The number of carbonyl (C=O) groups is 3. The summed E-state index contributed by atoms with van der Waals surface area (Å²) in [7, 11) is 5.39. The predicted molar refractivity (Wildman–Crippen MR) is 222 cm³/mol. The standard InChI is InChI=1S/C43H69N7O9/c1-12-34-43(8)37(50(41(54)59-43)19-14-13-18-49-24-32(46-47-49)30-16-15-17-31(44)21-30)29(6)45-23-25(2)22-42(7,55-11)38(27(4)35(51)28(5)39(53)57-34)58-40-36(52)33(48(9)10)20-26(3)56-40/h15-17,21,24-29,33-34,36-38,40,45,52H,12-14,18-20,22-23,44H2,1-11H3/t25-,26-,27+,28-,29-,33+,34-,36-,37-,38-,40+,42-,43-/m1/s1. The highest BCUT2D eigenvalue weighted by atomic mass is 16.7. The molecule has 16 nitrogen and oxygen atoms in total. The zero-order chi connectivity index (χ0) is 43.4. The molecule has 0 bridgehead atoms. The van der Waals surface area contributed by atoms with Crippen LogP contribution in [0.15, 0.2) is 30.5 Å². The number of ketones is 1. The molecule has 59 heavy (non-hydrogen) atoms. The number of aryl methyl sites for hydroxylation is 1. The van der Waals surface area contributed by atoms with E-state index in [0.29, 0.717) is 57.4 Å². The number of likely N-dealkylation sites (N-methyl/N-ethyl adjacent to an activating group) is 1. The molecule has 13 atom stereocenters. The van der Waals surface area contributed by atoms with Crippen LogP contribution in [-0.4, -0.2) is 142 Å². The number of nitrogens with one attached hydrogen (secondary N) is 1. The van der Waals surface area contributed by atoms with Crippen LogP contribution in [0.5, 0.6) is 0 Å². The largest absolute Gasteiger partial charge is 0.458 e. The van der Waals surface area contributed by atoms with Crippen LogP contribution >= 0.6 is 0 Å². The smallest absolute Gasteiger partial charge is 0.410 e. The van der Waals surface area contributed by atoms with Gasteiger partial charge in [0.2, 0.25) is 0 Å². The fourth-order valence-corrected chi connectivity index (χ4v) is 9.45. The molecule has 0 radical (unpaired) electrons. The van der Waals surface area contributed by atoms with Crippen molar-refractivity contribution in [3.05, 3.63) is 30.5 Å². The number of cyclic esters (lactones) is 1. The molecule has 3 aliphatic heterocycles. The number of rotatable bonds is 11. The first kappa shape index (κ1) is 46.4. The monoisotopic (exact) mass is 828 g/mol. The number of nitrogens with two attached hydrogens (primary N) is 1. The number of methoxy groups -OCH3 is 1. The molecule has 5 rings (SSSR count). The van der Waals surface area contributed by atoms with E-state index in [1.165, 1.54) is 6.92 Å². The van der Waals surface area contributed by atoms with Crippen LogP contribution in [0.1, 0.15) is 87.5 Å². The summed E-state index contributed by atoms with van der Waals surface area (Å²) in [4.78, 5) is 45.9. The van der Waals surface area contributed by atoms with Gasteiger partial charge in [-0.1, -0.05) is 38.1 Å². The van der Waals surface area contributed by atoms with Crippen LogP contribution < -0.4 is 11.1 Å². The van der Waals surface area contributed by atoms with Gasteiger partial charge in [0.25, 0.3) is 0 Å². The predicted octanol–water partition coefficient (Wildman–Crippen LogP) is 4.28. The quantitative estimate of drug-likeness (QED) is 0.126. The van der Waals surface area contributed by atoms with Crippen LogP contribution in [0.2, 0.25) is 0 Å². The molecule has 1 aromatic carbocycles. The zero-order valence-electron chi connectivity index (χ0n) is 36.9. The summed E-state index contributed by atoms with van der Waals surface area (Å²) >= 11 is 0. The molecule has 0 unspecified atom stereocenters. The Morgan fingerprint density at radius 1 is 1.08 bits per heavy atom. The van der Waals surface area contributed by atoms with E-state index in [9.17, 15) is 19.5 Å². The molecule has 1 aromatic heterocycles. The van der Waals surface area contributed by atoms with Gasteiger partial charge < -0.3 is 44.7 Å². The second-order valence-electron chi connectivity index (χ2n) is 17.8. The highest BCUT2D eigenvalue weighted by Crippen LogP contribution is 2.40. The molecule has 2 aromatic rings. The number of esters is 1. The van der Waals surface area contributed by atoms with Crippen molar-refractivity contribution in [2.24, 2.45) is 17.8 Å². The fourth-order valence-electron chi connectivity index (χ4n) is 9.45. The van der Waals surface area contributed by atoms with Gasteiger partial charge in [0.15, 0.2) is 17.7 Å². The van der Waals surface area contributed by atoms with Crippen molar-refractivity contribution in [2.75, 3.05) is 40.0 Å². The van der Waals surface area contributed by atoms with Crippen LogP contribution in [-0.2, 0) is 39.8 Å². The molecule has 0 saturated carbocycles. The number of aliphatic hydroxyl groups is 1. The topological polar surface area (TPSA) is 193 Å². The Kier molecular flexibility index (Phi) is 15.2. The maximum absolute atomic E-state index is 14.4. The number of nitrogens with zero attached hydrogens (tertiary/aromatic N) is 5. The molecule has 4 N–H and O–H groups in total. The minimum Gasteiger partial charge on any atom is -0.458 e. The lowest BCUT2D eigenvalue weighted by atomic mass is 9.78. The third-order valence-electron chi connectivity index (χ3n) is 12.8. The Labute approximate surface area is 349 Å². The number of nitrogen functional groups attached to an aromatic ring is 1. The number of benzene rings is 1. The third-order valence-corrected chi connectivity index (χ3v) is 12.8. The van der Waals surface area contributed by atoms with Crippen molar-refractivity contribution in [1.29, 1.82) is 0 Å². The summed E-state index contributed by atoms with van der Waals surface area (Å²) in [6, 6.07) is 6.46. The van der Waals surface area contributed by atoms with Gasteiger partial charge in [-0.2, -0.15) is 0 Å². The van der Waals surface area contributed by atoms with Gasteiger partial charge in [0.1, 0.15) is 23.8 Å². The lowest BCUT2D eigenvalue weighted by Crippen LogP contribution is -2.61. The molecule has 0 aliphatic carbocycles. The molecule has 3 aliphatic rings. The van der Waals surface area contributed by atoms with E-state index in [4.69, 9.17) is 29.4 Å². The van der Waals surface area contributed by atoms with Gasteiger partial charge in [-0.15, -0.1) is 5.10 Å². The molecule has 16 heteroatoms. The minimum atomic E-state index is -1.23. The van der Waals surface area contributed by atoms with Gasteiger partial charge >= 0.3 is 12.1 Å². The average Bonchev–Trinajstić information content (AvgIpc) is 3.77. The number of aromatic nitrogens is 3. The molecule has 0 spiro atoms. The SMILES string of the molecule is CC[C@H]1OC(=O)[C@H](C)C(=O)[C@H](C)[C@@H](O[C@@H]2O[C@H](C)C[C@H](N(C)C)[C@H]2O)[C@](C)(OC)C[C@@H](C)CN[C@H](C)[C@H]2N(CCCCn3cc(-c4cccc(N)c4)nn3)C(=O)O[C@]12C. The highest BCUT2D eigenvalue weighted by molar-refractivity contribution is 6.00. The zero-order valence-corrected chi connectivity index (χ0v) is 36.9. The van der Waals surface area contributed by atoms with Gasteiger partial charge in [-0.05, 0) is 105 Å². The summed E-state index contributed by atoms with van der Waals surface area (Å²) in [6.07, 6.45) is 0.194. The van der Waals surface area contributed by atoms with Crippen molar-refractivity contribution < 1.29 is 43.2 Å². The van der Waals surface area contributed by atoms with Crippen molar-refractivity contribution in [1.82, 2.24) is 30.1 Å². The van der Waals surface area contributed by atoms with Crippen LogP contribution in [0.4, 0.5) is 10.5 Å². The Morgan fingerprint density at radius 3 is 2.46 bits per heavy atom. The van der Waals surface area contributed by atoms with Crippen molar-refractivity contribution in [3.63, 3.8) is 0 Å². The lowest BCUT2D eigenvalue weighted by Gasteiger charge is -2.46.